The number of aromatic nitrogens is 6. The molecule has 4 rings (SSSR count). The summed E-state index contributed by atoms with van der Waals surface area (Å²) in [5, 5.41) is 16.9. The number of hydrogen-bond donors (Lipinski definition) is 2. The van der Waals surface area contributed by atoms with Crippen LogP contribution < -0.4 is 5.32 Å². The van der Waals surface area contributed by atoms with E-state index in [-0.39, 0.29) is 6.04 Å². The van der Waals surface area contributed by atoms with Crippen LogP contribution in [0.4, 0.5) is 10.6 Å². The first-order valence-electron chi connectivity index (χ1n) is 8.94. The van der Waals surface area contributed by atoms with Gasteiger partial charge in [0.25, 0.3) is 0 Å². The molecule has 3 aromatic rings. The number of anilines is 1. The summed E-state index contributed by atoms with van der Waals surface area (Å²) in [6.07, 6.45) is 3.17. The first-order chi connectivity index (χ1) is 13.0. The first-order valence-corrected chi connectivity index (χ1v) is 8.94. The lowest BCUT2D eigenvalue weighted by atomic mass is 10.2. The van der Waals surface area contributed by atoms with Crippen LogP contribution in [0.25, 0.3) is 22.6 Å². The molecule has 27 heavy (non-hydrogen) atoms. The van der Waals surface area contributed by atoms with E-state index in [0.717, 1.165) is 35.7 Å². The van der Waals surface area contributed by atoms with Crippen LogP contribution >= 0.6 is 0 Å². The van der Waals surface area contributed by atoms with Gasteiger partial charge in [0.15, 0.2) is 17.0 Å². The number of amides is 1. The third kappa shape index (κ3) is 2.86. The van der Waals surface area contributed by atoms with Gasteiger partial charge < -0.3 is 19.9 Å². The summed E-state index contributed by atoms with van der Waals surface area (Å²) < 4.78 is 3.86. The minimum Gasteiger partial charge on any atom is -0.465 e. The summed E-state index contributed by atoms with van der Waals surface area (Å²) in [6, 6.07) is 0.00855. The number of rotatable bonds is 4. The molecule has 0 aromatic carbocycles. The van der Waals surface area contributed by atoms with E-state index in [0.29, 0.717) is 24.4 Å². The normalized spacial score (nSPS) is 17.0. The molecule has 0 unspecified atom stereocenters. The summed E-state index contributed by atoms with van der Waals surface area (Å²) >= 11 is 0. The van der Waals surface area contributed by atoms with Crippen molar-refractivity contribution >= 4 is 23.1 Å². The molecule has 3 aromatic heterocycles. The van der Waals surface area contributed by atoms with E-state index < -0.39 is 6.09 Å². The van der Waals surface area contributed by atoms with Gasteiger partial charge in [-0.05, 0) is 20.3 Å². The number of carboxylic acid groups (broad SMARTS) is 1. The van der Waals surface area contributed by atoms with Gasteiger partial charge in [0.1, 0.15) is 12.2 Å². The molecule has 1 aliphatic rings. The SMILES string of the molecule is CCn1ncc(-c2nc3c(N[C@@H]4CCN(C(=O)O)C4)ncnc3n2C)c1C. The lowest BCUT2D eigenvalue weighted by molar-refractivity contribution is 0.155. The Labute approximate surface area is 155 Å². The highest BCUT2D eigenvalue weighted by Gasteiger charge is 2.27. The van der Waals surface area contributed by atoms with Crippen LogP contribution in [-0.2, 0) is 13.6 Å². The highest BCUT2D eigenvalue weighted by atomic mass is 16.4. The number of nitrogens with one attached hydrogen (secondary N) is 1. The highest BCUT2D eigenvalue weighted by Crippen LogP contribution is 2.28. The van der Waals surface area contributed by atoms with Gasteiger partial charge in [-0.3, -0.25) is 4.68 Å². The molecule has 0 spiro atoms. The van der Waals surface area contributed by atoms with Crippen LogP contribution in [0.5, 0.6) is 0 Å². The standard InChI is InChI=1S/C17H22N8O2/c1-4-25-10(2)12(7-20-25)15-22-13-14(18-9-19-16(13)23(15)3)21-11-5-6-24(8-11)17(26)27/h7,9,11H,4-6,8H2,1-3H3,(H,26,27)(H,18,19,21)/t11-/m1/s1. The van der Waals surface area contributed by atoms with Crippen LogP contribution in [0, 0.1) is 6.92 Å². The van der Waals surface area contributed by atoms with Crippen LogP contribution in [-0.4, -0.2) is 64.5 Å². The van der Waals surface area contributed by atoms with E-state index in [9.17, 15) is 4.79 Å². The Morgan fingerprint density at radius 1 is 1.41 bits per heavy atom. The fourth-order valence-electron chi connectivity index (χ4n) is 3.58. The van der Waals surface area contributed by atoms with Crippen molar-refractivity contribution in [2.45, 2.75) is 32.9 Å². The number of fused-ring (bicyclic) bond motifs is 1. The molecule has 1 amide bonds. The molecule has 4 heterocycles. The van der Waals surface area contributed by atoms with Crippen molar-refractivity contribution in [3.05, 3.63) is 18.2 Å². The lowest BCUT2D eigenvalue weighted by Gasteiger charge is -2.14. The van der Waals surface area contributed by atoms with Gasteiger partial charge >= 0.3 is 6.09 Å². The van der Waals surface area contributed by atoms with Crippen molar-refractivity contribution in [2.75, 3.05) is 18.4 Å². The van der Waals surface area contributed by atoms with Crippen molar-refractivity contribution in [3.63, 3.8) is 0 Å². The molecule has 0 saturated carbocycles. The maximum atomic E-state index is 11.1. The van der Waals surface area contributed by atoms with Gasteiger partial charge in [-0.1, -0.05) is 0 Å². The number of hydrogen-bond acceptors (Lipinski definition) is 6. The Bertz CT molecular complexity index is 1010. The number of carbonyl (C=O) groups is 1. The Hall–Kier alpha value is -3.17. The van der Waals surface area contributed by atoms with E-state index >= 15 is 0 Å². The second kappa shape index (κ2) is 6.53. The summed E-state index contributed by atoms with van der Waals surface area (Å²) in [4.78, 5) is 26.0. The Balaban J connectivity index is 1.70. The summed E-state index contributed by atoms with van der Waals surface area (Å²) in [6.45, 7) is 5.82. The quantitative estimate of drug-likeness (QED) is 0.719. The Morgan fingerprint density at radius 3 is 2.89 bits per heavy atom. The minimum atomic E-state index is -0.893. The number of aryl methyl sites for hydroxylation is 2. The Morgan fingerprint density at radius 2 is 2.22 bits per heavy atom. The highest BCUT2D eigenvalue weighted by molar-refractivity contribution is 5.86. The van der Waals surface area contributed by atoms with Gasteiger partial charge in [0, 0.05) is 38.4 Å². The zero-order valence-corrected chi connectivity index (χ0v) is 15.5. The molecule has 1 fully saturated rings. The van der Waals surface area contributed by atoms with Gasteiger partial charge in [0.2, 0.25) is 0 Å². The first kappa shape index (κ1) is 17.3. The van der Waals surface area contributed by atoms with Crippen LogP contribution in [0.2, 0.25) is 0 Å². The van der Waals surface area contributed by atoms with Crippen molar-refractivity contribution in [1.82, 2.24) is 34.2 Å². The molecule has 0 radical (unpaired) electrons. The average molecular weight is 370 g/mol. The lowest BCUT2D eigenvalue weighted by Crippen LogP contribution is -2.30. The van der Waals surface area contributed by atoms with E-state index in [1.54, 1.807) is 0 Å². The molecule has 0 aliphatic carbocycles. The molecule has 10 nitrogen and oxygen atoms in total. The topological polar surface area (TPSA) is 114 Å². The van der Waals surface area contributed by atoms with Gasteiger partial charge in [-0.25, -0.2) is 19.7 Å². The Kier molecular flexibility index (Phi) is 4.17. The monoisotopic (exact) mass is 370 g/mol. The molecule has 1 atom stereocenters. The zero-order chi connectivity index (χ0) is 19.1. The fourth-order valence-corrected chi connectivity index (χ4v) is 3.58. The van der Waals surface area contributed by atoms with Crippen LogP contribution in [0.1, 0.15) is 19.0 Å². The number of imidazole rings is 1. The van der Waals surface area contributed by atoms with Crippen molar-refractivity contribution in [3.8, 4) is 11.4 Å². The maximum absolute atomic E-state index is 11.1. The number of nitrogens with zero attached hydrogens (tertiary/aromatic N) is 7. The summed E-state index contributed by atoms with van der Waals surface area (Å²) in [5.74, 6) is 1.41. The van der Waals surface area contributed by atoms with Crippen molar-refractivity contribution < 1.29 is 9.90 Å². The molecule has 1 aliphatic heterocycles. The van der Waals surface area contributed by atoms with Crippen molar-refractivity contribution in [2.24, 2.45) is 7.05 Å². The van der Waals surface area contributed by atoms with Gasteiger partial charge in [0.05, 0.1) is 11.8 Å². The molecule has 0 bridgehead atoms. The van der Waals surface area contributed by atoms with Gasteiger partial charge in [-0.2, -0.15) is 5.10 Å². The second-order valence-electron chi connectivity index (χ2n) is 6.71. The second-order valence-corrected chi connectivity index (χ2v) is 6.71. The van der Waals surface area contributed by atoms with Crippen LogP contribution in [0.15, 0.2) is 12.5 Å². The summed E-state index contributed by atoms with van der Waals surface area (Å²) in [5.41, 5.74) is 3.40. The van der Waals surface area contributed by atoms with E-state index in [1.807, 2.05) is 36.3 Å². The molecular weight excluding hydrogens is 348 g/mol. The smallest absolute Gasteiger partial charge is 0.407 e. The predicted molar refractivity (Wildman–Crippen MR) is 99.6 cm³/mol. The third-order valence-corrected chi connectivity index (χ3v) is 5.10. The molecule has 1 saturated heterocycles. The molecular formula is C17H22N8O2. The minimum absolute atomic E-state index is 0.00855. The maximum Gasteiger partial charge on any atom is 0.407 e. The molecule has 10 heteroatoms. The molecule has 142 valence electrons. The molecule has 2 N–H and O–H groups in total. The van der Waals surface area contributed by atoms with E-state index in [2.05, 4.69) is 20.4 Å². The predicted octanol–water partition coefficient (Wildman–Crippen LogP) is 1.72. The fraction of sp³-hybridized carbons (Fsp3) is 0.471. The number of likely N-dealkylation sites (tertiary alicyclic amines) is 1. The largest absolute Gasteiger partial charge is 0.465 e. The van der Waals surface area contributed by atoms with E-state index in [1.165, 1.54) is 11.2 Å². The zero-order valence-electron chi connectivity index (χ0n) is 15.5. The summed E-state index contributed by atoms with van der Waals surface area (Å²) in [7, 11) is 1.92. The van der Waals surface area contributed by atoms with Gasteiger partial charge in [-0.15, -0.1) is 0 Å². The van der Waals surface area contributed by atoms with Crippen LogP contribution in [0.3, 0.4) is 0 Å². The van der Waals surface area contributed by atoms with E-state index in [4.69, 9.17) is 10.1 Å². The third-order valence-electron chi connectivity index (χ3n) is 5.10. The van der Waals surface area contributed by atoms with Crippen molar-refractivity contribution in [1.29, 1.82) is 0 Å². The average Bonchev–Trinajstić information content (AvgIpc) is 3.34.